The Morgan fingerprint density at radius 3 is 2.79 bits per heavy atom. The summed E-state index contributed by atoms with van der Waals surface area (Å²) in [5.41, 5.74) is 1.55. The highest BCUT2D eigenvalue weighted by molar-refractivity contribution is 5.77. The van der Waals surface area contributed by atoms with Crippen molar-refractivity contribution in [3.63, 3.8) is 0 Å². The maximum atomic E-state index is 11.3. The van der Waals surface area contributed by atoms with Crippen LogP contribution in [0.5, 0.6) is 5.88 Å². The molecule has 0 aliphatic heterocycles. The van der Waals surface area contributed by atoms with Crippen molar-refractivity contribution in [1.29, 1.82) is 0 Å². The highest BCUT2D eigenvalue weighted by atomic mass is 16.5. The average Bonchev–Trinajstić information content (AvgIpc) is 3.03. The smallest absolute Gasteiger partial charge is 0.246 e. The SMILES string of the molecule is COCC(=O)NCCOc1ccc2nnc(-c3ccccc3)n2n1. The molecule has 124 valence electrons. The summed E-state index contributed by atoms with van der Waals surface area (Å²) in [6.07, 6.45) is 0. The number of aromatic nitrogens is 4. The number of ether oxygens (including phenoxy) is 2. The molecule has 1 N–H and O–H groups in total. The van der Waals surface area contributed by atoms with Gasteiger partial charge < -0.3 is 14.8 Å². The second kappa shape index (κ2) is 7.51. The summed E-state index contributed by atoms with van der Waals surface area (Å²) in [4.78, 5) is 11.3. The molecule has 2 heterocycles. The Balaban J connectivity index is 1.68. The predicted octanol–water partition coefficient (Wildman–Crippen LogP) is 0.933. The minimum absolute atomic E-state index is 0.0331. The second-order valence-electron chi connectivity index (χ2n) is 4.96. The Labute approximate surface area is 138 Å². The molecule has 1 aromatic carbocycles. The molecular formula is C16H17N5O3. The van der Waals surface area contributed by atoms with Gasteiger partial charge in [0.1, 0.15) is 13.2 Å². The average molecular weight is 327 g/mol. The summed E-state index contributed by atoms with van der Waals surface area (Å²) in [6, 6.07) is 13.2. The predicted molar refractivity (Wildman–Crippen MR) is 86.6 cm³/mol. The Bertz CT molecular complexity index is 819. The third-order valence-corrected chi connectivity index (χ3v) is 3.22. The Kier molecular flexibility index (Phi) is 4.97. The lowest BCUT2D eigenvalue weighted by atomic mass is 10.2. The Morgan fingerprint density at radius 2 is 2.00 bits per heavy atom. The van der Waals surface area contributed by atoms with E-state index in [-0.39, 0.29) is 12.5 Å². The number of carbonyl (C=O) groups is 1. The fourth-order valence-electron chi connectivity index (χ4n) is 2.14. The van der Waals surface area contributed by atoms with Gasteiger partial charge in [-0.25, -0.2) is 0 Å². The van der Waals surface area contributed by atoms with Gasteiger partial charge in [-0.2, -0.15) is 4.52 Å². The van der Waals surface area contributed by atoms with E-state index in [0.717, 1.165) is 5.56 Å². The van der Waals surface area contributed by atoms with E-state index in [0.29, 0.717) is 30.5 Å². The maximum Gasteiger partial charge on any atom is 0.246 e. The molecule has 0 spiro atoms. The number of hydrogen-bond acceptors (Lipinski definition) is 6. The summed E-state index contributed by atoms with van der Waals surface area (Å²) in [5.74, 6) is 0.889. The van der Waals surface area contributed by atoms with E-state index in [1.165, 1.54) is 7.11 Å². The molecule has 8 nitrogen and oxygen atoms in total. The van der Waals surface area contributed by atoms with Gasteiger partial charge in [0.25, 0.3) is 0 Å². The van der Waals surface area contributed by atoms with E-state index in [1.807, 2.05) is 30.3 Å². The van der Waals surface area contributed by atoms with Crippen LogP contribution in [0.2, 0.25) is 0 Å². The van der Waals surface area contributed by atoms with Crippen LogP contribution in [0.15, 0.2) is 42.5 Å². The van der Waals surface area contributed by atoms with Gasteiger partial charge in [-0.05, 0) is 6.07 Å². The van der Waals surface area contributed by atoms with Crippen molar-refractivity contribution in [2.24, 2.45) is 0 Å². The quantitative estimate of drug-likeness (QED) is 0.649. The van der Waals surface area contributed by atoms with Crippen molar-refractivity contribution in [2.45, 2.75) is 0 Å². The van der Waals surface area contributed by atoms with Crippen LogP contribution in [0.4, 0.5) is 0 Å². The first-order valence-electron chi connectivity index (χ1n) is 7.44. The van der Waals surface area contributed by atoms with Crippen molar-refractivity contribution in [2.75, 3.05) is 26.9 Å². The molecule has 8 heteroatoms. The van der Waals surface area contributed by atoms with Crippen LogP contribution in [0.1, 0.15) is 0 Å². The number of fused-ring (bicyclic) bond motifs is 1. The summed E-state index contributed by atoms with van der Waals surface area (Å²) < 4.78 is 11.9. The summed E-state index contributed by atoms with van der Waals surface area (Å²) >= 11 is 0. The van der Waals surface area contributed by atoms with E-state index >= 15 is 0 Å². The molecule has 0 fully saturated rings. The van der Waals surface area contributed by atoms with Crippen molar-refractivity contribution in [3.05, 3.63) is 42.5 Å². The van der Waals surface area contributed by atoms with Crippen LogP contribution in [0, 0.1) is 0 Å². The van der Waals surface area contributed by atoms with Gasteiger partial charge in [0.15, 0.2) is 11.5 Å². The molecule has 0 aliphatic rings. The fourth-order valence-corrected chi connectivity index (χ4v) is 2.14. The third kappa shape index (κ3) is 3.66. The number of nitrogens with one attached hydrogen (secondary N) is 1. The van der Waals surface area contributed by atoms with Gasteiger partial charge in [0, 0.05) is 18.7 Å². The molecule has 0 bridgehead atoms. The molecule has 1 amide bonds. The van der Waals surface area contributed by atoms with Crippen molar-refractivity contribution in [1.82, 2.24) is 25.1 Å². The van der Waals surface area contributed by atoms with Gasteiger partial charge in [-0.3, -0.25) is 4.79 Å². The first-order chi connectivity index (χ1) is 11.8. The Morgan fingerprint density at radius 1 is 1.17 bits per heavy atom. The lowest BCUT2D eigenvalue weighted by Crippen LogP contribution is -2.31. The lowest BCUT2D eigenvalue weighted by molar-refractivity contribution is -0.124. The standard InChI is InChI=1S/C16H17N5O3/c1-23-11-14(22)17-9-10-24-15-8-7-13-18-19-16(21(13)20-15)12-5-3-2-4-6-12/h2-8H,9-11H2,1H3,(H,17,22). The summed E-state index contributed by atoms with van der Waals surface area (Å²) in [7, 11) is 1.47. The van der Waals surface area contributed by atoms with E-state index in [9.17, 15) is 4.79 Å². The molecule has 2 aromatic heterocycles. The number of rotatable bonds is 7. The Hall–Kier alpha value is -3.00. The van der Waals surface area contributed by atoms with Crippen LogP contribution in [-0.4, -0.2) is 52.6 Å². The first kappa shape index (κ1) is 15.9. The molecule has 0 saturated heterocycles. The van der Waals surface area contributed by atoms with Crippen molar-refractivity contribution < 1.29 is 14.3 Å². The number of benzene rings is 1. The minimum atomic E-state index is -0.185. The van der Waals surface area contributed by atoms with Crippen LogP contribution in [-0.2, 0) is 9.53 Å². The van der Waals surface area contributed by atoms with E-state index in [1.54, 1.807) is 16.6 Å². The molecule has 3 aromatic rings. The minimum Gasteiger partial charge on any atom is -0.475 e. The van der Waals surface area contributed by atoms with Gasteiger partial charge in [0.05, 0.1) is 6.54 Å². The number of carbonyl (C=O) groups excluding carboxylic acids is 1. The number of amides is 1. The zero-order valence-corrected chi connectivity index (χ0v) is 13.2. The van der Waals surface area contributed by atoms with Crippen molar-refractivity contribution >= 4 is 11.6 Å². The normalized spacial score (nSPS) is 10.7. The lowest BCUT2D eigenvalue weighted by Gasteiger charge is -2.07. The molecular weight excluding hydrogens is 310 g/mol. The molecule has 0 atom stereocenters. The molecule has 24 heavy (non-hydrogen) atoms. The molecule has 0 saturated carbocycles. The third-order valence-electron chi connectivity index (χ3n) is 3.22. The summed E-state index contributed by atoms with van der Waals surface area (Å²) in [6.45, 7) is 0.706. The largest absolute Gasteiger partial charge is 0.475 e. The van der Waals surface area contributed by atoms with Crippen LogP contribution < -0.4 is 10.1 Å². The second-order valence-corrected chi connectivity index (χ2v) is 4.96. The maximum absolute atomic E-state index is 11.3. The summed E-state index contributed by atoms with van der Waals surface area (Å²) in [5, 5.41) is 15.3. The monoisotopic (exact) mass is 327 g/mol. The number of hydrogen-bond donors (Lipinski definition) is 1. The van der Waals surface area contributed by atoms with E-state index in [2.05, 4.69) is 20.6 Å². The zero-order chi connectivity index (χ0) is 16.8. The van der Waals surface area contributed by atoms with Gasteiger partial charge in [0.2, 0.25) is 11.8 Å². The van der Waals surface area contributed by atoms with Gasteiger partial charge in [-0.1, -0.05) is 30.3 Å². The number of methoxy groups -OCH3 is 1. The molecule has 3 rings (SSSR count). The zero-order valence-electron chi connectivity index (χ0n) is 13.2. The highest BCUT2D eigenvalue weighted by Gasteiger charge is 2.10. The number of nitrogens with zero attached hydrogens (tertiary/aromatic N) is 4. The van der Waals surface area contributed by atoms with E-state index in [4.69, 9.17) is 9.47 Å². The van der Waals surface area contributed by atoms with Gasteiger partial charge >= 0.3 is 0 Å². The van der Waals surface area contributed by atoms with Crippen molar-refractivity contribution in [3.8, 4) is 17.3 Å². The molecule has 0 aliphatic carbocycles. The molecule has 0 unspecified atom stereocenters. The topological polar surface area (TPSA) is 90.6 Å². The van der Waals surface area contributed by atoms with Gasteiger partial charge in [-0.15, -0.1) is 15.3 Å². The van der Waals surface area contributed by atoms with E-state index < -0.39 is 0 Å². The van der Waals surface area contributed by atoms with Crippen LogP contribution in [0.3, 0.4) is 0 Å². The first-order valence-corrected chi connectivity index (χ1v) is 7.44. The van der Waals surface area contributed by atoms with Crippen LogP contribution in [0.25, 0.3) is 17.0 Å². The molecule has 0 radical (unpaired) electrons. The fraction of sp³-hybridized carbons (Fsp3) is 0.250. The highest BCUT2D eigenvalue weighted by Crippen LogP contribution is 2.18. The van der Waals surface area contributed by atoms with Crippen LogP contribution >= 0.6 is 0 Å².